The third kappa shape index (κ3) is 5.68. The van der Waals surface area contributed by atoms with Gasteiger partial charge in [0.25, 0.3) is 0 Å². The fourth-order valence-corrected chi connectivity index (χ4v) is 10.7. The first-order valence-electron chi connectivity index (χ1n) is 21.4. The Morgan fingerprint density at radius 3 is 1.72 bits per heavy atom. The summed E-state index contributed by atoms with van der Waals surface area (Å²) in [4.78, 5) is 15.2. The summed E-state index contributed by atoms with van der Waals surface area (Å²) < 4.78 is 7.35. The van der Waals surface area contributed by atoms with Gasteiger partial charge in [-0.2, -0.15) is 0 Å². The van der Waals surface area contributed by atoms with Crippen LogP contribution in [-0.4, -0.2) is 24.1 Å². The molecule has 0 amide bonds. The van der Waals surface area contributed by atoms with Gasteiger partial charge in [-0.1, -0.05) is 140 Å². The smallest absolute Gasteiger partial charge is 0.164 e. The van der Waals surface area contributed by atoms with Crippen molar-refractivity contribution in [3.63, 3.8) is 0 Å². The van der Waals surface area contributed by atoms with Crippen LogP contribution in [0.5, 0.6) is 0 Å². The van der Waals surface area contributed by atoms with E-state index < -0.39 is 0 Å². The van der Waals surface area contributed by atoms with Crippen molar-refractivity contribution < 1.29 is 0 Å². The summed E-state index contributed by atoms with van der Waals surface area (Å²) in [6.45, 7) is 0. The molecule has 13 aromatic rings. The van der Waals surface area contributed by atoms with Gasteiger partial charge < -0.3 is 14.9 Å². The zero-order chi connectivity index (χ0) is 42.3. The van der Waals surface area contributed by atoms with Crippen molar-refractivity contribution in [1.29, 1.82) is 0 Å². The van der Waals surface area contributed by atoms with Crippen molar-refractivity contribution in [2.45, 2.75) is 0 Å². The minimum Gasteiger partial charge on any atom is -0.397 e. The maximum atomic E-state index is 7.26. The van der Waals surface area contributed by atoms with Crippen molar-refractivity contribution in [2.75, 3.05) is 5.73 Å². The molecule has 0 saturated carbocycles. The topological polar surface area (TPSA) is 74.6 Å². The molecule has 9 aromatic carbocycles. The first-order chi connectivity index (χ1) is 31.6. The van der Waals surface area contributed by atoms with Crippen LogP contribution in [0, 0.1) is 0 Å². The SMILES string of the molecule is Nc1cc(-c2nc(-c3ccccc3)nc(-c3cccc(-c4ccccc4)c3)n2)ccc1-n1c2ccccc2c2ccc3c(c4ccccc4n3-c3ccc4sc5ccccc5c4c3)c21. The number of nitrogen functional groups attached to an aromatic ring is 1. The highest BCUT2D eigenvalue weighted by Crippen LogP contribution is 2.44. The van der Waals surface area contributed by atoms with Gasteiger partial charge in [0, 0.05) is 64.1 Å². The van der Waals surface area contributed by atoms with E-state index in [1.165, 1.54) is 41.7 Å². The Kier molecular flexibility index (Phi) is 8.13. The second kappa shape index (κ2) is 14.3. The molecule has 0 fully saturated rings. The fourth-order valence-electron chi connectivity index (χ4n) is 9.61. The number of nitrogens with two attached hydrogens (primary N) is 1. The lowest BCUT2D eigenvalue weighted by atomic mass is 10.0. The number of anilines is 1. The number of hydrogen-bond acceptors (Lipinski definition) is 5. The van der Waals surface area contributed by atoms with E-state index >= 15 is 0 Å². The lowest BCUT2D eigenvalue weighted by Crippen LogP contribution is -2.03. The molecule has 0 aliphatic carbocycles. The van der Waals surface area contributed by atoms with Crippen molar-refractivity contribution in [2.24, 2.45) is 0 Å². The van der Waals surface area contributed by atoms with Crippen LogP contribution in [0.25, 0.3) is 120 Å². The van der Waals surface area contributed by atoms with E-state index in [0.29, 0.717) is 23.2 Å². The molecular weight excluding hydrogens is 801 g/mol. The summed E-state index contributed by atoms with van der Waals surface area (Å²) in [5.74, 6) is 1.74. The lowest BCUT2D eigenvalue weighted by Gasteiger charge is -2.14. The van der Waals surface area contributed by atoms with Crippen LogP contribution in [-0.2, 0) is 0 Å². The Labute approximate surface area is 371 Å². The number of benzene rings is 9. The lowest BCUT2D eigenvalue weighted by molar-refractivity contribution is 1.07. The van der Waals surface area contributed by atoms with Gasteiger partial charge in [0.05, 0.1) is 33.4 Å². The Morgan fingerprint density at radius 1 is 0.359 bits per heavy atom. The number of thiophene rings is 1. The molecule has 0 unspecified atom stereocenters. The van der Waals surface area contributed by atoms with Crippen LogP contribution in [0.2, 0.25) is 0 Å². The Balaban J connectivity index is 1.01. The van der Waals surface area contributed by atoms with Crippen LogP contribution in [0.3, 0.4) is 0 Å². The molecular formula is C57H36N6S. The van der Waals surface area contributed by atoms with Gasteiger partial charge in [-0.15, -0.1) is 11.3 Å². The summed E-state index contributed by atoms with van der Waals surface area (Å²) in [6, 6.07) is 72.5. The molecule has 0 bridgehead atoms. The van der Waals surface area contributed by atoms with Crippen LogP contribution in [0.1, 0.15) is 0 Å². The van der Waals surface area contributed by atoms with E-state index in [-0.39, 0.29) is 0 Å². The van der Waals surface area contributed by atoms with Crippen LogP contribution in [0.4, 0.5) is 5.69 Å². The number of rotatable bonds is 6. The zero-order valence-electron chi connectivity index (χ0n) is 34.4. The second-order valence-electron chi connectivity index (χ2n) is 16.2. The monoisotopic (exact) mass is 836 g/mol. The summed E-state index contributed by atoms with van der Waals surface area (Å²) >= 11 is 1.84. The Bertz CT molecular complexity index is 3980. The number of aromatic nitrogens is 5. The summed E-state index contributed by atoms with van der Waals surface area (Å²) in [6.07, 6.45) is 0. The molecule has 0 aliphatic rings. The van der Waals surface area contributed by atoms with E-state index in [0.717, 1.165) is 61.3 Å². The summed E-state index contributed by atoms with van der Waals surface area (Å²) in [5.41, 5.74) is 19.2. The van der Waals surface area contributed by atoms with Crippen LogP contribution < -0.4 is 5.73 Å². The third-order valence-electron chi connectivity index (χ3n) is 12.5. The Morgan fingerprint density at radius 2 is 0.953 bits per heavy atom. The van der Waals surface area contributed by atoms with Gasteiger partial charge >= 0.3 is 0 Å². The summed E-state index contributed by atoms with van der Waals surface area (Å²) in [7, 11) is 0. The first kappa shape index (κ1) is 36.3. The van der Waals surface area contributed by atoms with Gasteiger partial charge in [0.15, 0.2) is 17.5 Å². The maximum Gasteiger partial charge on any atom is 0.164 e. The molecule has 0 spiro atoms. The highest BCUT2D eigenvalue weighted by molar-refractivity contribution is 7.25. The molecule has 0 aliphatic heterocycles. The Hall–Kier alpha value is -8.39. The minimum atomic E-state index is 0.551. The van der Waals surface area contributed by atoms with E-state index in [1.54, 1.807) is 0 Å². The molecule has 0 atom stereocenters. The molecule has 4 aromatic heterocycles. The molecule has 6 nitrogen and oxygen atoms in total. The molecule has 13 rings (SSSR count). The van der Waals surface area contributed by atoms with Gasteiger partial charge in [-0.3, -0.25) is 0 Å². The molecule has 64 heavy (non-hydrogen) atoms. The number of nitrogens with zero attached hydrogens (tertiary/aromatic N) is 5. The van der Waals surface area contributed by atoms with E-state index in [2.05, 4.69) is 173 Å². The van der Waals surface area contributed by atoms with Crippen molar-refractivity contribution in [3.8, 4) is 56.7 Å². The molecule has 2 N–H and O–H groups in total. The van der Waals surface area contributed by atoms with Gasteiger partial charge in [-0.05, 0) is 77.9 Å². The molecule has 300 valence electrons. The molecule has 0 radical (unpaired) electrons. The van der Waals surface area contributed by atoms with Gasteiger partial charge in [0.2, 0.25) is 0 Å². The van der Waals surface area contributed by atoms with E-state index in [1.807, 2.05) is 53.8 Å². The molecule has 4 heterocycles. The van der Waals surface area contributed by atoms with Crippen molar-refractivity contribution >= 4 is 80.8 Å². The molecule has 0 saturated heterocycles. The normalized spacial score (nSPS) is 11.8. The largest absolute Gasteiger partial charge is 0.397 e. The summed E-state index contributed by atoms with van der Waals surface area (Å²) in [5, 5.41) is 7.25. The van der Waals surface area contributed by atoms with Gasteiger partial charge in [0.1, 0.15) is 0 Å². The molecule has 7 heteroatoms. The number of para-hydroxylation sites is 2. The maximum absolute atomic E-state index is 7.26. The van der Waals surface area contributed by atoms with E-state index in [9.17, 15) is 0 Å². The average molecular weight is 837 g/mol. The van der Waals surface area contributed by atoms with E-state index in [4.69, 9.17) is 20.7 Å². The standard InChI is InChI=1S/C57H36N6S/c58-46-33-39(57-60-55(36-16-5-2-6-17-36)59-56(61-57)38-19-13-18-37(32-38)35-14-3-1-4-15-35)26-29-49(46)63-47-23-10-7-20-41(47)43-28-30-50-53(54(43)63)44-22-8-11-24-48(44)62(50)40-27-31-52-45(34-40)42-21-9-12-25-51(42)64-52/h1-34H,58H2. The van der Waals surface area contributed by atoms with Crippen LogP contribution >= 0.6 is 11.3 Å². The average Bonchev–Trinajstić information content (AvgIpc) is 4.02. The number of fused-ring (bicyclic) bond motifs is 10. The van der Waals surface area contributed by atoms with Crippen molar-refractivity contribution in [3.05, 3.63) is 206 Å². The zero-order valence-corrected chi connectivity index (χ0v) is 35.2. The fraction of sp³-hybridized carbons (Fsp3) is 0. The highest BCUT2D eigenvalue weighted by Gasteiger charge is 2.23. The van der Waals surface area contributed by atoms with Crippen LogP contribution in [0.15, 0.2) is 206 Å². The van der Waals surface area contributed by atoms with Gasteiger partial charge in [-0.25, -0.2) is 15.0 Å². The number of hydrogen-bond donors (Lipinski definition) is 1. The first-order valence-corrected chi connectivity index (χ1v) is 22.2. The van der Waals surface area contributed by atoms with Crippen molar-refractivity contribution in [1.82, 2.24) is 24.1 Å². The second-order valence-corrected chi connectivity index (χ2v) is 17.3. The highest BCUT2D eigenvalue weighted by atomic mass is 32.1. The third-order valence-corrected chi connectivity index (χ3v) is 13.7. The predicted octanol–water partition coefficient (Wildman–Crippen LogP) is 14.7. The predicted molar refractivity (Wildman–Crippen MR) is 268 cm³/mol. The quantitative estimate of drug-likeness (QED) is 0.169. The minimum absolute atomic E-state index is 0.551.